The first kappa shape index (κ1) is 13.6. The summed E-state index contributed by atoms with van der Waals surface area (Å²) in [6.45, 7) is 1.72. The highest BCUT2D eigenvalue weighted by atomic mass is 16.6. The number of hydrogen-bond donors (Lipinski definition) is 0. The van der Waals surface area contributed by atoms with E-state index >= 15 is 0 Å². The van der Waals surface area contributed by atoms with Crippen molar-refractivity contribution in [3.63, 3.8) is 0 Å². The monoisotopic (exact) mass is 267 g/mol. The lowest BCUT2D eigenvalue weighted by atomic mass is 10.1. The molecule has 0 saturated heterocycles. The van der Waals surface area contributed by atoms with Crippen LogP contribution in [-0.2, 0) is 0 Å². The molecule has 2 aromatic rings. The molecule has 0 aromatic heterocycles. The number of benzene rings is 2. The number of para-hydroxylation sites is 1. The molecular formula is C15H13N3O2. The number of hydrogen-bond acceptors (Lipinski definition) is 4. The lowest BCUT2D eigenvalue weighted by molar-refractivity contribution is -0.384. The van der Waals surface area contributed by atoms with Crippen LogP contribution >= 0.6 is 0 Å². The number of nitro groups is 1. The van der Waals surface area contributed by atoms with Crippen molar-refractivity contribution in [2.45, 2.75) is 6.92 Å². The van der Waals surface area contributed by atoms with Gasteiger partial charge in [-0.15, -0.1) is 0 Å². The summed E-state index contributed by atoms with van der Waals surface area (Å²) in [6, 6.07) is 14.2. The number of anilines is 2. The second kappa shape index (κ2) is 5.41. The van der Waals surface area contributed by atoms with E-state index in [0.717, 1.165) is 5.69 Å². The molecule has 0 aliphatic heterocycles. The molecule has 0 atom stereocenters. The van der Waals surface area contributed by atoms with Crippen LogP contribution in [-0.4, -0.2) is 12.0 Å². The molecule has 5 nitrogen and oxygen atoms in total. The van der Waals surface area contributed by atoms with Crippen LogP contribution in [0.1, 0.15) is 11.1 Å². The van der Waals surface area contributed by atoms with Crippen molar-refractivity contribution < 1.29 is 4.92 Å². The van der Waals surface area contributed by atoms with Gasteiger partial charge in [-0.25, -0.2) is 0 Å². The van der Waals surface area contributed by atoms with Crippen LogP contribution in [0.4, 0.5) is 17.1 Å². The standard InChI is InChI=1S/C15H13N3O2/c1-11-4-3-5-14(15(11)18(19)20)17(2)13-8-6-12(10-16)7-9-13/h3-9H,1-2H3. The van der Waals surface area contributed by atoms with Crippen LogP contribution in [0.3, 0.4) is 0 Å². The third-order valence-corrected chi connectivity index (χ3v) is 3.14. The van der Waals surface area contributed by atoms with Crippen molar-refractivity contribution in [1.82, 2.24) is 0 Å². The summed E-state index contributed by atoms with van der Waals surface area (Å²) in [4.78, 5) is 12.6. The molecule has 2 aromatic carbocycles. The van der Waals surface area contributed by atoms with Gasteiger partial charge in [0.15, 0.2) is 0 Å². The van der Waals surface area contributed by atoms with E-state index in [4.69, 9.17) is 5.26 Å². The number of nitrogens with zero attached hydrogens (tertiary/aromatic N) is 3. The predicted molar refractivity (Wildman–Crippen MR) is 77.1 cm³/mol. The summed E-state index contributed by atoms with van der Waals surface area (Å²) in [7, 11) is 1.77. The summed E-state index contributed by atoms with van der Waals surface area (Å²) in [5.74, 6) is 0. The zero-order chi connectivity index (χ0) is 14.7. The summed E-state index contributed by atoms with van der Waals surface area (Å²) < 4.78 is 0. The molecule has 0 radical (unpaired) electrons. The second-order valence-electron chi connectivity index (χ2n) is 4.42. The van der Waals surface area contributed by atoms with Gasteiger partial charge >= 0.3 is 0 Å². The van der Waals surface area contributed by atoms with Crippen LogP contribution in [0.5, 0.6) is 0 Å². The fourth-order valence-electron chi connectivity index (χ4n) is 2.05. The average molecular weight is 267 g/mol. The van der Waals surface area contributed by atoms with E-state index in [1.165, 1.54) is 0 Å². The van der Waals surface area contributed by atoms with E-state index < -0.39 is 0 Å². The van der Waals surface area contributed by atoms with E-state index in [1.54, 1.807) is 61.3 Å². The van der Waals surface area contributed by atoms with Gasteiger partial charge in [0.05, 0.1) is 16.6 Å². The first-order chi connectivity index (χ1) is 9.54. The number of nitriles is 1. The summed E-state index contributed by atoms with van der Waals surface area (Å²) in [5.41, 5.74) is 2.59. The average Bonchev–Trinajstić information content (AvgIpc) is 2.46. The van der Waals surface area contributed by atoms with Gasteiger partial charge in [-0.3, -0.25) is 10.1 Å². The number of aryl methyl sites for hydroxylation is 1. The van der Waals surface area contributed by atoms with Gasteiger partial charge in [-0.2, -0.15) is 5.26 Å². The molecule has 5 heteroatoms. The minimum Gasteiger partial charge on any atom is -0.339 e. The lowest BCUT2D eigenvalue weighted by Gasteiger charge is -2.20. The van der Waals surface area contributed by atoms with E-state index in [9.17, 15) is 10.1 Å². The SMILES string of the molecule is Cc1cccc(N(C)c2ccc(C#N)cc2)c1[N+](=O)[O-]. The molecule has 0 aliphatic carbocycles. The Bertz CT molecular complexity index is 687. The van der Waals surface area contributed by atoms with Gasteiger partial charge in [0.25, 0.3) is 5.69 Å². The van der Waals surface area contributed by atoms with Crippen LogP contribution in [0, 0.1) is 28.4 Å². The number of rotatable bonds is 3. The highest BCUT2D eigenvalue weighted by Crippen LogP contribution is 2.34. The van der Waals surface area contributed by atoms with Crippen molar-refractivity contribution in [3.05, 3.63) is 63.7 Å². The van der Waals surface area contributed by atoms with Gasteiger partial charge in [0.2, 0.25) is 0 Å². The smallest absolute Gasteiger partial charge is 0.295 e. The Morgan fingerprint density at radius 2 is 1.85 bits per heavy atom. The predicted octanol–water partition coefficient (Wildman–Crippen LogP) is 3.54. The molecule has 0 fully saturated rings. The van der Waals surface area contributed by atoms with Crippen LogP contribution in [0.2, 0.25) is 0 Å². The molecule has 20 heavy (non-hydrogen) atoms. The first-order valence-corrected chi connectivity index (χ1v) is 6.02. The van der Waals surface area contributed by atoms with E-state index in [-0.39, 0.29) is 10.6 Å². The maximum absolute atomic E-state index is 11.2. The second-order valence-corrected chi connectivity index (χ2v) is 4.42. The Balaban J connectivity index is 2.48. The summed E-state index contributed by atoms with van der Waals surface area (Å²) >= 11 is 0. The molecule has 100 valence electrons. The fourth-order valence-corrected chi connectivity index (χ4v) is 2.05. The third kappa shape index (κ3) is 2.45. The lowest BCUT2D eigenvalue weighted by Crippen LogP contribution is -2.12. The zero-order valence-corrected chi connectivity index (χ0v) is 11.2. The van der Waals surface area contributed by atoms with Gasteiger partial charge in [0, 0.05) is 18.3 Å². The number of nitro benzene ring substituents is 1. The summed E-state index contributed by atoms with van der Waals surface area (Å²) in [6.07, 6.45) is 0. The highest BCUT2D eigenvalue weighted by molar-refractivity contribution is 5.73. The van der Waals surface area contributed by atoms with Crippen molar-refractivity contribution in [1.29, 1.82) is 5.26 Å². The molecule has 0 aliphatic rings. The zero-order valence-electron chi connectivity index (χ0n) is 11.2. The molecule has 0 saturated carbocycles. The molecule has 0 bridgehead atoms. The molecule has 0 heterocycles. The van der Waals surface area contributed by atoms with Crippen molar-refractivity contribution >= 4 is 17.1 Å². The highest BCUT2D eigenvalue weighted by Gasteiger charge is 2.20. The van der Waals surface area contributed by atoms with Crippen molar-refractivity contribution in [2.24, 2.45) is 0 Å². The quantitative estimate of drug-likeness (QED) is 0.630. The minimum absolute atomic E-state index is 0.0966. The molecule has 0 N–H and O–H groups in total. The van der Waals surface area contributed by atoms with Crippen LogP contribution in [0.15, 0.2) is 42.5 Å². The van der Waals surface area contributed by atoms with Gasteiger partial charge in [-0.05, 0) is 37.3 Å². The Hall–Kier alpha value is -2.87. The largest absolute Gasteiger partial charge is 0.339 e. The molecule has 0 unspecified atom stereocenters. The van der Waals surface area contributed by atoms with Gasteiger partial charge in [0.1, 0.15) is 5.69 Å². The Labute approximate surface area is 116 Å². The molecule has 0 spiro atoms. The van der Waals surface area contributed by atoms with Crippen molar-refractivity contribution in [3.8, 4) is 6.07 Å². The molecular weight excluding hydrogens is 254 g/mol. The third-order valence-electron chi connectivity index (χ3n) is 3.14. The molecule has 0 amide bonds. The van der Waals surface area contributed by atoms with Crippen molar-refractivity contribution in [2.75, 3.05) is 11.9 Å². The van der Waals surface area contributed by atoms with E-state index in [1.807, 2.05) is 6.07 Å². The molecule has 2 rings (SSSR count). The van der Waals surface area contributed by atoms with Gasteiger partial charge in [-0.1, -0.05) is 12.1 Å². The maximum atomic E-state index is 11.2. The topological polar surface area (TPSA) is 70.2 Å². The van der Waals surface area contributed by atoms with E-state index in [0.29, 0.717) is 16.8 Å². The Morgan fingerprint density at radius 3 is 2.40 bits per heavy atom. The first-order valence-electron chi connectivity index (χ1n) is 6.02. The Kier molecular flexibility index (Phi) is 3.67. The Morgan fingerprint density at radius 1 is 1.20 bits per heavy atom. The maximum Gasteiger partial charge on any atom is 0.295 e. The normalized spacial score (nSPS) is 9.85. The summed E-state index contributed by atoms with van der Waals surface area (Å²) in [5, 5.41) is 20.0. The van der Waals surface area contributed by atoms with E-state index in [2.05, 4.69) is 0 Å². The van der Waals surface area contributed by atoms with Crippen LogP contribution in [0.25, 0.3) is 0 Å². The minimum atomic E-state index is -0.370. The van der Waals surface area contributed by atoms with Gasteiger partial charge < -0.3 is 4.90 Å². The fraction of sp³-hybridized carbons (Fsp3) is 0.133. The van der Waals surface area contributed by atoms with Crippen LogP contribution < -0.4 is 4.90 Å².